The highest BCUT2D eigenvalue weighted by Crippen LogP contribution is 2.28. The summed E-state index contributed by atoms with van der Waals surface area (Å²) in [5.41, 5.74) is 4.94. The second-order valence-electron chi connectivity index (χ2n) is 5.05. The minimum atomic E-state index is -2.93. The number of ether oxygens (including phenoxy) is 1. The zero-order valence-corrected chi connectivity index (χ0v) is 11.8. The van der Waals surface area contributed by atoms with Gasteiger partial charge in [-0.25, -0.2) is 0 Å². The number of aliphatic carboxylic acids is 1. The molecular formula is C13H15ClF2N2O3. The van der Waals surface area contributed by atoms with Gasteiger partial charge < -0.3 is 15.6 Å². The summed E-state index contributed by atoms with van der Waals surface area (Å²) < 4.78 is 29.2. The smallest absolute Gasteiger partial charge is 0.387 e. The number of alkyl halides is 2. The highest BCUT2D eigenvalue weighted by molar-refractivity contribution is 6.30. The van der Waals surface area contributed by atoms with Crippen LogP contribution in [0.25, 0.3) is 0 Å². The lowest BCUT2D eigenvalue weighted by Gasteiger charge is -2.21. The molecule has 1 heterocycles. The monoisotopic (exact) mass is 320 g/mol. The Balaban J connectivity index is 2.13. The number of hydrogen-bond donors (Lipinski definition) is 2. The highest BCUT2D eigenvalue weighted by atomic mass is 35.5. The van der Waals surface area contributed by atoms with E-state index in [0.29, 0.717) is 23.6 Å². The van der Waals surface area contributed by atoms with Gasteiger partial charge in [-0.1, -0.05) is 11.6 Å². The van der Waals surface area contributed by atoms with E-state index in [4.69, 9.17) is 22.4 Å². The van der Waals surface area contributed by atoms with E-state index in [0.717, 1.165) is 0 Å². The van der Waals surface area contributed by atoms with E-state index >= 15 is 0 Å². The molecule has 1 unspecified atom stereocenters. The number of nitrogens with zero attached hydrogens (tertiary/aromatic N) is 1. The summed E-state index contributed by atoms with van der Waals surface area (Å²) in [6.07, 6.45) is 0.300. The van der Waals surface area contributed by atoms with Crippen molar-refractivity contribution in [2.24, 2.45) is 5.73 Å². The maximum Gasteiger partial charge on any atom is 0.387 e. The van der Waals surface area contributed by atoms with E-state index in [1.807, 2.05) is 0 Å². The summed E-state index contributed by atoms with van der Waals surface area (Å²) in [7, 11) is 0. The fourth-order valence-corrected chi connectivity index (χ4v) is 2.54. The number of benzene rings is 1. The molecule has 1 aromatic carbocycles. The third kappa shape index (κ3) is 3.81. The molecule has 1 aliphatic rings. The van der Waals surface area contributed by atoms with Crippen molar-refractivity contribution in [1.82, 2.24) is 4.90 Å². The van der Waals surface area contributed by atoms with Gasteiger partial charge in [-0.3, -0.25) is 9.69 Å². The lowest BCUT2D eigenvalue weighted by Crippen LogP contribution is -2.50. The lowest BCUT2D eigenvalue weighted by atomic mass is 10.0. The van der Waals surface area contributed by atoms with E-state index in [1.54, 1.807) is 4.90 Å². The van der Waals surface area contributed by atoms with Crippen molar-refractivity contribution < 1.29 is 23.4 Å². The fraction of sp³-hybridized carbons (Fsp3) is 0.462. The quantitative estimate of drug-likeness (QED) is 0.867. The van der Waals surface area contributed by atoms with Crippen LogP contribution in [0.5, 0.6) is 5.75 Å². The predicted molar refractivity (Wildman–Crippen MR) is 72.5 cm³/mol. The van der Waals surface area contributed by atoms with Gasteiger partial charge in [0.05, 0.1) is 0 Å². The van der Waals surface area contributed by atoms with Crippen molar-refractivity contribution in [1.29, 1.82) is 0 Å². The predicted octanol–water partition coefficient (Wildman–Crippen LogP) is 1.93. The number of carboxylic acid groups (broad SMARTS) is 1. The Morgan fingerprint density at radius 2 is 2.29 bits per heavy atom. The van der Waals surface area contributed by atoms with Gasteiger partial charge in [-0.2, -0.15) is 8.78 Å². The van der Waals surface area contributed by atoms with E-state index in [-0.39, 0.29) is 18.8 Å². The van der Waals surface area contributed by atoms with E-state index in [2.05, 4.69) is 4.74 Å². The van der Waals surface area contributed by atoms with Crippen LogP contribution in [0.1, 0.15) is 12.0 Å². The number of rotatable bonds is 5. The molecule has 0 amide bonds. The summed E-state index contributed by atoms with van der Waals surface area (Å²) >= 11 is 5.86. The summed E-state index contributed by atoms with van der Waals surface area (Å²) in [5.74, 6) is -1.04. The number of nitrogens with two attached hydrogens (primary N) is 1. The molecule has 1 atom stereocenters. The van der Waals surface area contributed by atoms with E-state index < -0.39 is 18.1 Å². The summed E-state index contributed by atoms with van der Waals surface area (Å²) in [6.45, 7) is -2.09. The van der Waals surface area contributed by atoms with Gasteiger partial charge in [0.1, 0.15) is 11.3 Å². The zero-order chi connectivity index (χ0) is 15.6. The van der Waals surface area contributed by atoms with Crippen LogP contribution >= 0.6 is 11.6 Å². The Morgan fingerprint density at radius 1 is 1.57 bits per heavy atom. The normalized spacial score (nSPS) is 22.7. The molecule has 0 aromatic heterocycles. The third-order valence-electron chi connectivity index (χ3n) is 3.44. The molecule has 8 heteroatoms. The van der Waals surface area contributed by atoms with Crippen molar-refractivity contribution in [3.63, 3.8) is 0 Å². The number of hydrogen-bond acceptors (Lipinski definition) is 4. The molecule has 1 aromatic rings. The van der Waals surface area contributed by atoms with Crippen LogP contribution < -0.4 is 10.5 Å². The van der Waals surface area contributed by atoms with Crippen molar-refractivity contribution >= 4 is 17.6 Å². The molecule has 2 rings (SSSR count). The van der Waals surface area contributed by atoms with Crippen LogP contribution in [0, 0.1) is 0 Å². The molecule has 116 valence electrons. The van der Waals surface area contributed by atoms with Crippen molar-refractivity contribution in [2.45, 2.75) is 25.1 Å². The first-order valence-corrected chi connectivity index (χ1v) is 6.66. The standard InChI is InChI=1S/C13H15ClF2N2O3/c14-9-1-2-10(21-12(15)16)8(5-9)6-18-4-3-13(17,7-18)11(19)20/h1-2,5,12H,3-4,6-7,17H2,(H,19,20). The molecule has 0 aliphatic carbocycles. The van der Waals surface area contributed by atoms with Crippen molar-refractivity contribution in [2.75, 3.05) is 13.1 Å². The first-order valence-electron chi connectivity index (χ1n) is 6.28. The van der Waals surface area contributed by atoms with Gasteiger partial charge in [0.25, 0.3) is 0 Å². The van der Waals surface area contributed by atoms with Crippen molar-refractivity contribution in [3.8, 4) is 5.75 Å². The highest BCUT2D eigenvalue weighted by Gasteiger charge is 2.41. The Labute approximate surface area is 125 Å². The molecule has 1 fully saturated rings. The van der Waals surface area contributed by atoms with Crippen LogP contribution in [0.15, 0.2) is 18.2 Å². The molecule has 0 radical (unpaired) electrons. The van der Waals surface area contributed by atoms with Gasteiger partial charge >= 0.3 is 12.6 Å². The van der Waals surface area contributed by atoms with E-state index in [1.165, 1.54) is 18.2 Å². The average molecular weight is 321 g/mol. The average Bonchev–Trinajstić information content (AvgIpc) is 2.75. The molecule has 0 saturated carbocycles. The molecule has 1 saturated heterocycles. The number of carbonyl (C=O) groups is 1. The number of likely N-dealkylation sites (tertiary alicyclic amines) is 1. The Morgan fingerprint density at radius 3 is 2.86 bits per heavy atom. The summed E-state index contributed by atoms with van der Waals surface area (Å²) in [5, 5.41) is 9.47. The molecule has 21 heavy (non-hydrogen) atoms. The first-order chi connectivity index (χ1) is 9.80. The maximum atomic E-state index is 12.4. The summed E-state index contributed by atoms with van der Waals surface area (Å²) in [4.78, 5) is 12.9. The zero-order valence-electron chi connectivity index (χ0n) is 11.1. The first kappa shape index (κ1) is 15.9. The van der Waals surface area contributed by atoms with Crippen LogP contribution in [0.2, 0.25) is 5.02 Å². The lowest BCUT2D eigenvalue weighted by molar-refractivity contribution is -0.142. The molecule has 0 bridgehead atoms. The van der Waals surface area contributed by atoms with Crippen LogP contribution in [-0.4, -0.2) is 41.2 Å². The van der Waals surface area contributed by atoms with Gasteiger partial charge in [-0.05, 0) is 24.6 Å². The summed E-state index contributed by atoms with van der Waals surface area (Å²) in [6, 6.07) is 4.35. The fourth-order valence-electron chi connectivity index (χ4n) is 2.35. The van der Waals surface area contributed by atoms with Crippen molar-refractivity contribution in [3.05, 3.63) is 28.8 Å². The minimum absolute atomic E-state index is 0.0271. The molecule has 5 nitrogen and oxygen atoms in total. The number of carboxylic acids is 1. The van der Waals surface area contributed by atoms with Gasteiger partial charge in [0, 0.05) is 30.2 Å². The Hall–Kier alpha value is -1.44. The van der Waals surface area contributed by atoms with Crippen LogP contribution in [0.4, 0.5) is 8.78 Å². The van der Waals surface area contributed by atoms with Gasteiger partial charge in [-0.15, -0.1) is 0 Å². The maximum absolute atomic E-state index is 12.4. The van der Waals surface area contributed by atoms with Crippen LogP contribution in [0.3, 0.4) is 0 Å². The Kier molecular flexibility index (Phi) is 4.65. The topological polar surface area (TPSA) is 75.8 Å². The van der Waals surface area contributed by atoms with Gasteiger partial charge in [0.15, 0.2) is 0 Å². The minimum Gasteiger partial charge on any atom is -0.480 e. The number of halogens is 3. The van der Waals surface area contributed by atoms with Gasteiger partial charge in [0.2, 0.25) is 0 Å². The molecule has 3 N–H and O–H groups in total. The molecular weight excluding hydrogens is 306 g/mol. The molecule has 1 aliphatic heterocycles. The third-order valence-corrected chi connectivity index (χ3v) is 3.67. The Bertz CT molecular complexity index is 544. The second kappa shape index (κ2) is 6.13. The van der Waals surface area contributed by atoms with E-state index in [9.17, 15) is 13.6 Å². The molecule has 0 spiro atoms. The largest absolute Gasteiger partial charge is 0.480 e. The second-order valence-corrected chi connectivity index (χ2v) is 5.49. The van der Waals surface area contributed by atoms with Crippen LogP contribution in [-0.2, 0) is 11.3 Å². The SMILES string of the molecule is NC1(C(=O)O)CCN(Cc2cc(Cl)ccc2OC(F)F)C1.